The molecule has 32 heavy (non-hydrogen) atoms. The number of ether oxygens (including phenoxy) is 2. The maximum atomic E-state index is 14.0. The van der Waals surface area contributed by atoms with Crippen molar-refractivity contribution in [3.8, 4) is 0 Å². The number of esters is 1. The summed E-state index contributed by atoms with van der Waals surface area (Å²) in [5.74, 6) is -2.14. The largest absolute Gasteiger partial charge is 0.466 e. The Morgan fingerprint density at radius 2 is 2.06 bits per heavy atom. The van der Waals surface area contributed by atoms with Crippen molar-refractivity contribution in [2.45, 2.75) is 83.1 Å². The van der Waals surface area contributed by atoms with E-state index in [0.717, 1.165) is 6.42 Å². The molecule has 8 nitrogen and oxygen atoms in total. The van der Waals surface area contributed by atoms with Gasteiger partial charge in [0.2, 0.25) is 11.8 Å². The molecule has 8 heteroatoms. The number of fused-ring (bicyclic) bond motifs is 1. The van der Waals surface area contributed by atoms with Crippen LogP contribution in [0.4, 0.5) is 0 Å². The van der Waals surface area contributed by atoms with Crippen LogP contribution in [0.3, 0.4) is 0 Å². The third-order valence-electron chi connectivity index (χ3n) is 7.04. The number of likely N-dealkylation sites (tertiary alicyclic amines) is 1. The van der Waals surface area contributed by atoms with E-state index in [1.807, 2.05) is 20.8 Å². The lowest BCUT2D eigenvalue weighted by atomic mass is 9.70. The first-order valence-electron chi connectivity index (χ1n) is 11.8. The molecule has 180 valence electrons. The second-order valence-electron chi connectivity index (χ2n) is 10.0. The molecule has 3 rings (SSSR count). The number of aliphatic hydroxyl groups is 1. The van der Waals surface area contributed by atoms with Crippen molar-refractivity contribution in [3.63, 3.8) is 0 Å². The number of hydrogen-bond acceptors (Lipinski definition) is 6. The molecule has 2 amide bonds. The number of rotatable bonds is 10. The van der Waals surface area contributed by atoms with Gasteiger partial charge in [0.05, 0.1) is 24.5 Å². The lowest BCUT2D eigenvalue weighted by Crippen LogP contribution is -2.59. The zero-order valence-electron chi connectivity index (χ0n) is 19.8. The highest BCUT2D eigenvalue weighted by molar-refractivity contribution is 5.98. The van der Waals surface area contributed by atoms with E-state index in [9.17, 15) is 14.4 Å². The van der Waals surface area contributed by atoms with E-state index < -0.39 is 41.1 Å². The molecule has 1 N–H and O–H groups in total. The predicted molar refractivity (Wildman–Crippen MR) is 119 cm³/mol. The van der Waals surface area contributed by atoms with Crippen LogP contribution in [0.1, 0.15) is 59.8 Å². The molecular weight excluding hydrogens is 412 g/mol. The predicted octanol–water partition coefficient (Wildman–Crippen LogP) is 1.90. The van der Waals surface area contributed by atoms with Crippen LogP contribution in [0.2, 0.25) is 0 Å². The van der Waals surface area contributed by atoms with Crippen LogP contribution < -0.4 is 0 Å². The lowest BCUT2D eigenvalue weighted by molar-refractivity contribution is -0.155. The fraction of sp³-hybridized carbons (Fsp3) is 0.792. The summed E-state index contributed by atoms with van der Waals surface area (Å²) in [5.41, 5.74) is -1.47. The standard InChI is InChI=1S/C24H38N2O6/c1-6-13-26(23(3,4)5)21(29)19-24-12-11-16(32-24)17(22(30)31-7-2)18(24)20(28)25(19)14-9-8-10-15-27/h6,16-19,27H,1,7-15H2,2-5H3/t16-,17+,18+,19-,24+/m1/s1. The van der Waals surface area contributed by atoms with Crippen LogP contribution in [0.5, 0.6) is 0 Å². The van der Waals surface area contributed by atoms with Gasteiger partial charge in [0.1, 0.15) is 11.6 Å². The van der Waals surface area contributed by atoms with Crippen molar-refractivity contribution in [2.75, 3.05) is 26.3 Å². The average Bonchev–Trinajstić information content (AvgIpc) is 3.36. The first-order chi connectivity index (χ1) is 15.1. The Kier molecular flexibility index (Phi) is 7.34. The SMILES string of the molecule is C=CCN(C(=O)[C@H]1N(CCCCCO)C(=O)[C@@H]2[C@@H](C(=O)OCC)[C@H]3CC[C@]21O3)C(C)(C)C. The summed E-state index contributed by atoms with van der Waals surface area (Å²) < 4.78 is 11.7. The molecule has 3 aliphatic heterocycles. The normalized spacial score (nSPS) is 31.0. The molecular formula is C24H38N2O6. The summed E-state index contributed by atoms with van der Waals surface area (Å²) in [5, 5.41) is 9.11. The van der Waals surface area contributed by atoms with Gasteiger partial charge in [0.15, 0.2) is 0 Å². The van der Waals surface area contributed by atoms with Crippen molar-refractivity contribution in [3.05, 3.63) is 12.7 Å². The molecule has 0 aromatic carbocycles. The molecule has 3 heterocycles. The number of carbonyl (C=O) groups is 3. The fourth-order valence-electron chi connectivity index (χ4n) is 5.72. The lowest BCUT2D eigenvalue weighted by Gasteiger charge is -2.42. The van der Waals surface area contributed by atoms with E-state index in [1.54, 1.807) is 22.8 Å². The molecule has 0 saturated carbocycles. The molecule has 0 aromatic rings. The number of amides is 2. The summed E-state index contributed by atoms with van der Waals surface area (Å²) in [6.07, 6.45) is 4.56. The minimum atomic E-state index is -1.00. The van der Waals surface area contributed by atoms with Gasteiger partial charge >= 0.3 is 5.97 Å². The molecule has 5 atom stereocenters. The minimum Gasteiger partial charge on any atom is -0.466 e. The highest BCUT2D eigenvalue weighted by Crippen LogP contribution is 2.59. The molecule has 0 unspecified atom stereocenters. The Morgan fingerprint density at radius 1 is 1.34 bits per heavy atom. The van der Waals surface area contributed by atoms with Crippen LogP contribution in [0, 0.1) is 11.8 Å². The summed E-state index contributed by atoms with van der Waals surface area (Å²) in [4.78, 5) is 43.9. The second-order valence-corrected chi connectivity index (χ2v) is 10.0. The smallest absolute Gasteiger partial charge is 0.312 e. The number of unbranched alkanes of at least 4 members (excludes halogenated alkanes) is 2. The third-order valence-corrected chi connectivity index (χ3v) is 7.04. The zero-order valence-corrected chi connectivity index (χ0v) is 19.8. The molecule has 3 fully saturated rings. The summed E-state index contributed by atoms with van der Waals surface area (Å²) in [6.45, 7) is 12.5. The van der Waals surface area contributed by atoms with Crippen LogP contribution >= 0.6 is 0 Å². The van der Waals surface area contributed by atoms with E-state index in [0.29, 0.717) is 38.8 Å². The number of carbonyl (C=O) groups excluding carboxylic acids is 3. The summed E-state index contributed by atoms with van der Waals surface area (Å²) in [6, 6.07) is -0.780. The number of hydrogen-bond donors (Lipinski definition) is 1. The van der Waals surface area contributed by atoms with Crippen molar-refractivity contribution >= 4 is 17.8 Å². The topological polar surface area (TPSA) is 96.4 Å². The molecule has 0 aliphatic carbocycles. The highest BCUT2D eigenvalue weighted by atomic mass is 16.6. The number of nitrogens with zero attached hydrogens (tertiary/aromatic N) is 2. The molecule has 1 spiro atoms. The third kappa shape index (κ3) is 4.07. The van der Waals surface area contributed by atoms with E-state index in [-0.39, 0.29) is 25.0 Å². The first kappa shape index (κ1) is 24.7. The maximum absolute atomic E-state index is 14.0. The molecule has 0 aromatic heterocycles. The fourth-order valence-corrected chi connectivity index (χ4v) is 5.72. The van der Waals surface area contributed by atoms with Crippen LogP contribution in [-0.2, 0) is 23.9 Å². The van der Waals surface area contributed by atoms with Crippen LogP contribution in [0.15, 0.2) is 12.7 Å². The van der Waals surface area contributed by atoms with E-state index in [4.69, 9.17) is 14.6 Å². The average molecular weight is 451 g/mol. The van der Waals surface area contributed by atoms with E-state index in [1.165, 1.54) is 0 Å². The van der Waals surface area contributed by atoms with Crippen molar-refractivity contribution in [2.24, 2.45) is 11.8 Å². The van der Waals surface area contributed by atoms with Crippen LogP contribution in [0.25, 0.3) is 0 Å². The van der Waals surface area contributed by atoms with Gasteiger partial charge in [-0.15, -0.1) is 6.58 Å². The Morgan fingerprint density at radius 3 is 2.66 bits per heavy atom. The maximum Gasteiger partial charge on any atom is 0.312 e. The minimum absolute atomic E-state index is 0.0930. The van der Waals surface area contributed by atoms with Crippen molar-refractivity contribution < 1.29 is 29.0 Å². The van der Waals surface area contributed by atoms with E-state index in [2.05, 4.69) is 6.58 Å². The van der Waals surface area contributed by atoms with Crippen molar-refractivity contribution in [1.82, 2.24) is 9.80 Å². The Balaban J connectivity index is 1.99. The molecule has 3 aliphatic rings. The van der Waals surface area contributed by atoms with Crippen LogP contribution in [-0.4, -0.2) is 82.3 Å². The first-order valence-corrected chi connectivity index (χ1v) is 11.8. The van der Waals surface area contributed by atoms with Gasteiger partial charge in [0.25, 0.3) is 0 Å². The van der Waals surface area contributed by atoms with Gasteiger partial charge in [-0.3, -0.25) is 14.4 Å². The highest BCUT2D eigenvalue weighted by Gasteiger charge is 2.75. The monoisotopic (exact) mass is 450 g/mol. The van der Waals surface area contributed by atoms with Gasteiger partial charge in [-0.2, -0.15) is 0 Å². The molecule has 3 saturated heterocycles. The summed E-state index contributed by atoms with van der Waals surface area (Å²) in [7, 11) is 0. The zero-order chi connectivity index (χ0) is 23.7. The van der Waals surface area contributed by atoms with Gasteiger partial charge < -0.3 is 24.4 Å². The molecule has 0 radical (unpaired) electrons. The quantitative estimate of drug-likeness (QED) is 0.310. The van der Waals surface area contributed by atoms with Gasteiger partial charge in [0, 0.05) is 25.2 Å². The Labute approximate surface area is 190 Å². The Hall–Kier alpha value is -1.93. The van der Waals surface area contributed by atoms with Gasteiger partial charge in [-0.25, -0.2) is 0 Å². The van der Waals surface area contributed by atoms with Gasteiger partial charge in [-0.05, 0) is 59.8 Å². The van der Waals surface area contributed by atoms with Gasteiger partial charge in [-0.1, -0.05) is 6.08 Å². The van der Waals surface area contributed by atoms with E-state index >= 15 is 0 Å². The molecule has 2 bridgehead atoms. The Bertz CT molecular complexity index is 747. The summed E-state index contributed by atoms with van der Waals surface area (Å²) >= 11 is 0. The second kappa shape index (κ2) is 9.51. The van der Waals surface area contributed by atoms with Crippen molar-refractivity contribution in [1.29, 1.82) is 0 Å². The number of aliphatic hydroxyl groups excluding tert-OH is 1.